The summed E-state index contributed by atoms with van der Waals surface area (Å²) in [7, 11) is 0. The average molecular weight is 463 g/mol. The summed E-state index contributed by atoms with van der Waals surface area (Å²) in [4.78, 5) is 18.2. The monoisotopic (exact) mass is 462 g/mol. The van der Waals surface area contributed by atoms with E-state index in [1.807, 2.05) is 109 Å². The van der Waals surface area contributed by atoms with Crippen LogP contribution in [0.25, 0.3) is 28.7 Å². The minimum Gasteiger partial charge on any atom is -0.268 e. The van der Waals surface area contributed by atoms with Gasteiger partial charge in [-0.05, 0) is 72.3 Å². The van der Waals surface area contributed by atoms with Crippen LogP contribution in [0.5, 0.6) is 0 Å². The van der Waals surface area contributed by atoms with Crippen LogP contribution in [-0.4, -0.2) is 9.55 Å². The highest BCUT2D eigenvalue weighted by atomic mass is 35.5. The molecule has 5 aromatic rings. The second-order valence-corrected chi connectivity index (χ2v) is 8.00. The SMILES string of the molecule is O=c1c2ccccc2nc(/C=C/c2ccc(Cl)cc2)n1-c1ccc(N=Nc2ccccc2)cc1. The van der Waals surface area contributed by atoms with Gasteiger partial charge in [-0.15, -0.1) is 0 Å². The Morgan fingerprint density at radius 3 is 2.09 bits per heavy atom. The van der Waals surface area contributed by atoms with Gasteiger partial charge < -0.3 is 0 Å². The van der Waals surface area contributed by atoms with Crippen molar-refractivity contribution >= 4 is 46.0 Å². The molecule has 164 valence electrons. The summed E-state index contributed by atoms with van der Waals surface area (Å²) in [6, 6.07) is 31.7. The van der Waals surface area contributed by atoms with E-state index in [0.29, 0.717) is 33.1 Å². The van der Waals surface area contributed by atoms with Crippen LogP contribution >= 0.6 is 11.6 Å². The fourth-order valence-electron chi connectivity index (χ4n) is 3.53. The van der Waals surface area contributed by atoms with Crippen molar-refractivity contribution < 1.29 is 0 Å². The molecule has 0 saturated carbocycles. The molecule has 0 aliphatic rings. The Morgan fingerprint density at radius 2 is 1.35 bits per heavy atom. The summed E-state index contributed by atoms with van der Waals surface area (Å²) in [5, 5.41) is 9.76. The summed E-state index contributed by atoms with van der Waals surface area (Å²) in [6.45, 7) is 0. The normalized spacial score (nSPS) is 11.6. The van der Waals surface area contributed by atoms with Crippen molar-refractivity contribution in [2.24, 2.45) is 10.2 Å². The number of fused-ring (bicyclic) bond motifs is 1. The van der Waals surface area contributed by atoms with Crippen LogP contribution in [0.4, 0.5) is 11.4 Å². The van der Waals surface area contributed by atoms with Crippen LogP contribution < -0.4 is 5.56 Å². The maximum Gasteiger partial charge on any atom is 0.266 e. The molecule has 0 amide bonds. The van der Waals surface area contributed by atoms with Crippen LogP contribution in [0.2, 0.25) is 5.02 Å². The second kappa shape index (κ2) is 9.65. The van der Waals surface area contributed by atoms with Crippen LogP contribution in [0.3, 0.4) is 0 Å². The topological polar surface area (TPSA) is 59.6 Å². The standard InChI is InChI=1S/C28H19ClN4O/c29-21-13-10-20(11-14-21)12-19-27-30-26-9-5-4-8-25(26)28(34)33(27)24-17-15-23(16-18-24)32-31-22-6-2-1-3-7-22/h1-19H/b19-12+,32-31?. The quantitative estimate of drug-likeness (QED) is 0.252. The molecule has 0 unspecified atom stereocenters. The molecule has 1 aromatic heterocycles. The van der Waals surface area contributed by atoms with Crippen molar-refractivity contribution in [2.75, 3.05) is 0 Å². The predicted octanol–water partition coefficient (Wildman–Crippen LogP) is 7.62. The van der Waals surface area contributed by atoms with Crippen LogP contribution in [0.15, 0.2) is 118 Å². The molecular formula is C28H19ClN4O. The first-order valence-electron chi connectivity index (χ1n) is 10.7. The number of nitrogens with zero attached hydrogens (tertiary/aromatic N) is 4. The van der Waals surface area contributed by atoms with Gasteiger partial charge in [0.05, 0.1) is 28.0 Å². The highest BCUT2D eigenvalue weighted by molar-refractivity contribution is 6.30. The lowest BCUT2D eigenvalue weighted by molar-refractivity contribution is 0.943. The van der Waals surface area contributed by atoms with E-state index in [4.69, 9.17) is 16.6 Å². The molecule has 6 heteroatoms. The van der Waals surface area contributed by atoms with E-state index in [1.165, 1.54) is 0 Å². The van der Waals surface area contributed by atoms with E-state index >= 15 is 0 Å². The molecule has 0 bridgehead atoms. The molecular weight excluding hydrogens is 444 g/mol. The number of hydrogen-bond donors (Lipinski definition) is 0. The zero-order chi connectivity index (χ0) is 23.3. The third-order valence-electron chi connectivity index (χ3n) is 5.24. The van der Waals surface area contributed by atoms with Crippen molar-refractivity contribution in [1.82, 2.24) is 9.55 Å². The van der Waals surface area contributed by atoms with Crippen LogP contribution in [0.1, 0.15) is 11.4 Å². The lowest BCUT2D eigenvalue weighted by Gasteiger charge is -2.11. The molecule has 0 fully saturated rings. The average Bonchev–Trinajstić information content (AvgIpc) is 2.88. The lowest BCUT2D eigenvalue weighted by atomic mass is 10.2. The number of azo groups is 1. The van der Waals surface area contributed by atoms with Gasteiger partial charge in [0.1, 0.15) is 5.82 Å². The summed E-state index contributed by atoms with van der Waals surface area (Å²) < 4.78 is 1.60. The van der Waals surface area contributed by atoms with Gasteiger partial charge in [0.25, 0.3) is 5.56 Å². The molecule has 34 heavy (non-hydrogen) atoms. The van der Waals surface area contributed by atoms with Gasteiger partial charge in [-0.25, -0.2) is 4.98 Å². The minimum atomic E-state index is -0.139. The van der Waals surface area contributed by atoms with Gasteiger partial charge in [0.15, 0.2) is 0 Å². The highest BCUT2D eigenvalue weighted by Gasteiger charge is 2.11. The fraction of sp³-hybridized carbons (Fsp3) is 0. The number of benzene rings is 4. The zero-order valence-corrected chi connectivity index (χ0v) is 18.8. The smallest absolute Gasteiger partial charge is 0.266 e. The third-order valence-corrected chi connectivity index (χ3v) is 5.49. The number of rotatable bonds is 5. The minimum absolute atomic E-state index is 0.139. The largest absolute Gasteiger partial charge is 0.268 e. The van der Waals surface area contributed by atoms with Crippen LogP contribution in [-0.2, 0) is 0 Å². The molecule has 5 nitrogen and oxygen atoms in total. The van der Waals surface area contributed by atoms with Gasteiger partial charge in [-0.3, -0.25) is 9.36 Å². The number of para-hydroxylation sites is 1. The predicted molar refractivity (Wildman–Crippen MR) is 138 cm³/mol. The van der Waals surface area contributed by atoms with E-state index in [-0.39, 0.29) is 5.56 Å². The Balaban J connectivity index is 1.55. The number of hydrogen-bond acceptors (Lipinski definition) is 4. The van der Waals surface area contributed by atoms with E-state index < -0.39 is 0 Å². The molecule has 0 radical (unpaired) electrons. The van der Waals surface area contributed by atoms with E-state index in [1.54, 1.807) is 10.6 Å². The van der Waals surface area contributed by atoms with Crippen molar-refractivity contribution in [3.63, 3.8) is 0 Å². The van der Waals surface area contributed by atoms with Crippen molar-refractivity contribution in [3.8, 4) is 5.69 Å². The fourth-order valence-corrected chi connectivity index (χ4v) is 3.66. The van der Waals surface area contributed by atoms with E-state index in [2.05, 4.69) is 10.2 Å². The lowest BCUT2D eigenvalue weighted by Crippen LogP contribution is -2.22. The van der Waals surface area contributed by atoms with Gasteiger partial charge in [-0.1, -0.05) is 60.1 Å². The Bertz CT molecular complexity index is 1560. The first-order chi connectivity index (χ1) is 16.7. The van der Waals surface area contributed by atoms with E-state index in [9.17, 15) is 4.79 Å². The zero-order valence-electron chi connectivity index (χ0n) is 18.0. The van der Waals surface area contributed by atoms with Gasteiger partial charge in [-0.2, -0.15) is 10.2 Å². The third kappa shape index (κ3) is 4.70. The highest BCUT2D eigenvalue weighted by Crippen LogP contribution is 2.21. The number of halogens is 1. The Hall–Kier alpha value is -4.35. The van der Waals surface area contributed by atoms with Crippen molar-refractivity contribution in [2.45, 2.75) is 0 Å². The summed E-state index contributed by atoms with van der Waals surface area (Å²) in [5.41, 5.74) is 3.62. The van der Waals surface area contributed by atoms with Crippen molar-refractivity contribution in [3.05, 3.63) is 130 Å². The summed E-state index contributed by atoms with van der Waals surface area (Å²) >= 11 is 5.99. The molecule has 0 spiro atoms. The second-order valence-electron chi connectivity index (χ2n) is 7.56. The molecule has 4 aromatic carbocycles. The molecule has 5 rings (SSSR count). The Kier molecular flexibility index (Phi) is 6.10. The van der Waals surface area contributed by atoms with Gasteiger partial charge >= 0.3 is 0 Å². The molecule has 0 aliphatic carbocycles. The van der Waals surface area contributed by atoms with Gasteiger partial charge in [0.2, 0.25) is 0 Å². The maximum absolute atomic E-state index is 13.4. The first kappa shape index (κ1) is 21.5. The molecule has 0 N–H and O–H groups in total. The molecule has 0 atom stereocenters. The Labute approximate surface area is 201 Å². The first-order valence-corrected chi connectivity index (χ1v) is 11.1. The van der Waals surface area contributed by atoms with Crippen LogP contribution in [0, 0.1) is 0 Å². The Morgan fingerprint density at radius 1 is 0.706 bits per heavy atom. The van der Waals surface area contributed by atoms with Gasteiger partial charge in [0, 0.05) is 5.02 Å². The summed E-state index contributed by atoms with van der Waals surface area (Å²) in [5.74, 6) is 0.525. The van der Waals surface area contributed by atoms with E-state index in [0.717, 1.165) is 11.3 Å². The molecule has 0 aliphatic heterocycles. The van der Waals surface area contributed by atoms with Crippen molar-refractivity contribution in [1.29, 1.82) is 0 Å². The number of aromatic nitrogens is 2. The summed E-state index contributed by atoms with van der Waals surface area (Å²) in [6.07, 6.45) is 3.74. The molecule has 1 heterocycles. The maximum atomic E-state index is 13.4. The molecule has 0 saturated heterocycles.